The Kier molecular flexibility index (Phi) is 8.82. The first kappa shape index (κ1) is 28.9. The van der Waals surface area contributed by atoms with Crippen LogP contribution >= 0.6 is 23.2 Å². The highest BCUT2D eigenvalue weighted by Gasteiger charge is 2.44. The lowest BCUT2D eigenvalue weighted by Crippen LogP contribution is -2.65. The monoisotopic (exact) mass is 602 g/mol. The summed E-state index contributed by atoms with van der Waals surface area (Å²) in [5.41, 5.74) is -0.0995. The largest absolute Gasteiger partial charge is 0.497 e. The van der Waals surface area contributed by atoms with Gasteiger partial charge in [0.25, 0.3) is 11.9 Å². The van der Waals surface area contributed by atoms with Gasteiger partial charge in [0.1, 0.15) is 22.8 Å². The Bertz CT molecular complexity index is 1380. The van der Waals surface area contributed by atoms with Gasteiger partial charge < -0.3 is 39.1 Å². The number of piperazine rings is 1. The van der Waals surface area contributed by atoms with Gasteiger partial charge in [-0.05, 0) is 62.3 Å². The van der Waals surface area contributed by atoms with Crippen LogP contribution in [0.15, 0.2) is 52.9 Å². The average molecular weight is 604 g/mol. The maximum atomic E-state index is 13.9. The van der Waals surface area contributed by atoms with Crippen molar-refractivity contribution in [1.29, 1.82) is 0 Å². The molecule has 0 spiro atoms. The molecule has 10 nitrogen and oxygen atoms in total. The molecule has 2 amide bonds. The summed E-state index contributed by atoms with van der Waals surface area (Å²) < 4.78 is 22.2. The molecule has 0 unspecified atom stereocenters. The third kappa shape index (κ3) is 6.50. The molecule has 5 rings (SSSR count). The fourth-order valence-corrected chi connectivity index (χ4v) is 5.73. The molecule has 2 aromatic carbocycles. The van der Waals surface area contributed by atoms with Gasteiger partial charge in [-0.3, -0.25) is 9.59 Å². The van der Waals surface area contributed by atoms with Gasteiger partial charge in [-0.25, -0.2) is 0 Å². The number of hydrogen-bond acceptors (Lipinski definition) is 8. The lowest BCUT2D eigenvalue weighted by Gasteiger charge is -2.43. The highest BCUT2D eigenvalue weighted by atomic mass is 35.5. The van der Waals surface area contributed by atoms with Crippen LogP contribution in [0.2, 0.25) is 10.0 Å². The van der Waals surface area contributed by atoms with Gasteiger partial charge in [-0.2, -0.15) is 0 Å². The van der Waals surface area contributed by atoms with Gasteiger partial charge in [-0.1, -0.05) is 23.2 Å². The number of methoxy groups -OCH3 is 2. The number of furan rings is 1. The fourth-order valence-electron chi connectivity index (χ4n) is 5.22. The second-order valence-electron chi connectivity index (χ2n) is 9.93. The Balaban J connectivity index is 1.26. The van der Waals surface area contributed by atoms with E-state index in [4.69, 9.17) is 41.8 Å². The summed E-state index contributed by atoms with van der Waals surface area (Å²) in [6, 6.07) is 13.5. The van der Waals surface area contributed by atoms with E-state index in [1.54, 1.807) is 32.4 Å². The van der Waals surface area contributed by atoms with Crippen LogP contribution < -0.4 is 29.7 Å². The maximum absolute atomic E-state index is 13.9. The number of hydrogen-bond donors (Lipinski definition) is 2. The predicted molar refractivity (Wildman–Crippen MR) is 156 cm³/mol. The lowest BCUT2D eigenvalue weighted by atomic mass is 9.86. The van der Waals surface area contributed by atoms with Crippen LogP contribution in [0.5, 0.6) is 23.2 Å². The number of benzene rings is 2. The van der Waals surface area contributed by atoms with Crippen LogP contribution in [0.4, 0.5) is 5.69 Å². The van der Waals surface area contributed by atoms with Crippen molar-refractivity contribution in [2.24, 2.45) is 0 Å². The molecule has 2 fully saturated rings. The van der Waals surface area contributed by atoms with Crippen molar-refractivity contribution >= 4 is 40.7 Å². The van der Waals surface area contributed by atoms with Gasteiger partial charge in [0, 0.05) is 48.4 Å². The average Bonchev–Trinajstić information content (AvgIpc) is 3.45. The van der Waals surface area contributed by atoms with Gasteiger partial charge in [0.2, 0.25) is 5.91 Å². The topological polar surface area (TPSA) is 106 Å². The number of piperidine rings is 1. The van der Waals surface area contributed by atoms with Crippen molar-refractivity contribution in [1.82, 2.24) is 15.5 Å². The minimum Gasteiger partial charge on any atom is -0.497 e. The Morgan fingerprint density at radius 2 is 1.61 bits per heavy atom. The van der Waals surface area contributed by atoms with E-state index in [2.05, 4.69) is 15.5 Å². The van der Waals surface area contributed by atoms with Crippen LogP contribution in [0.25, 0.3) is 0 Å². The van der Waals surface area contributed by atoms with E-state index in [0.29, 0.717) is 79.4 Å². The summed E-state index contributed by atoms with van der Waals surface area (Å²) in [5, 5.41) is 7.11. The third-order valence-corrected chi connectivity index (χ3v) is 7.81. The predicted octanol–water partition coefficient (Wildman–Crippen LogP) is 4.60. The summed E-state index contributed by atoms with van der Waals surface area (Å²) in [6.07, 6.45) is 0.935. The lowest BCUT2D eigenvalue weighted by molar-refractivity contribution is -0.139. The molecule has 2 saturated heterocycles. The normalized spacial score (nSPS) is 16.7. The number of anilines is 1. The molecule has 1 aromatic heterocycles. The molecule has 218 valence electrons. The second-order valence-corrected chi connectivity index (χ2v) is 10.8. The Hall–Kier alpha value is -3.60. The SMILES string of the molecule is COc1ccc(N2CCN(C(=O)C3(NC(=O)c4ccc(Oc5cc(Cl)cc(Cl)c5)o4)CCNCC3)CC2)c(OC)c1. The van der Waals surface area contributed by atoms with E-state index in [9.17, 15) is 9.59 Å². The number of amides is 2. The molecule has 0 radical (unpaired) electrons. The maximum Gasteiger partial charge on any atom is 0.290 e. The van der Waals surface area contributed by atoms with Crippen LogP contribution in [0.3, 0.4) is 0 Å². The molecule has 0 atom stereocenters. The number of ether oxygens (including phenoxy) is 3. The van der Waals surface area contributed by atoms with E-state index in [0.717, 1.165) is 5.69 Å². The molecule has 3 aromatic rings. The zero-order chi connectivity index (χ0) is 29.0. The fraction of sp³-hybridized carbons (Fsp3) is 0.379. The minimum atomic E-state index is -1.05. The van der Waals surface area contributed by atoms with E-state index < -0.39 is 11.4 Å². The van der Waals surface area contributed by atoms with E-state index in [1.165, 1.54) is 12.1 Å². The number of carbonyl (C=O) groups excluding carboxylic acids is 2. The molecule has 2 aliphatic rings. The zero-order valence-corrected chi connectivity index (χ0v) is 24.4. The van der Waals surface area contributed by atoms with Crippen molar-refractivity contribution in [3.8, 4) is 23.2 Å². The Morgan fingerprint density at radius 1 is 0.902 bits per heavy atom. The highest BCUT2D eigenvalue weighted by Crippen LogP contribution is 2.34. The van der Waals surface area contributed by atoms with E-state index in [1.807, 2.05) is 23.1 Å². The molecule has 0 aliphatic carbocycles. The van der Waals surface area contributed by atoms with Crippen LogP contribution in [0, 0.1) is 0 Å². The van der Waals surface area contributed by atoms with Crippen LogP contribution in [-0.2, 0) is 4.79 Å². The first-order valence-corrected chi connectivity index (χ1v) is 14.1. The van der Waals surface area contributed by atoms with Crippen LogP contribution in [0.1, 0.15) is 23.4 Å². The first-order chi connectivity index (χ1) is 19.8. The summed E-state index contributed by atoms with van der Waals surface area (Å²) in [5.74, 6) is 1.37. The van der Waals surface area contributed by atoms with Gasteiger partial charge >= 0.3 is 0 Å². The number of nitrogens with zero attached hydrogens (tertiary/aromatic N) is 2. The van der Waals surface area contributed by atoms with Crippen molar-refractivity contribution in [2.45, 2.75) is 18.4 Å². The number of carbonyl (C=O) groups is 2. The summed E-state index contributed by atoms with van der Waals surface area (Å²) in [4.78, 5) is 31.3. The zero-order valence-electron chi connectivity index (χ0n) is 22.9. The van der Waals surface area contributed by atoms with Crippen molar-refractivity contribution in [2.75, 3.05) is 58.4 Å². The van der Waals surface area contributed by atoms with Gasteiger partial charge in [0.05, 0.1) is 19.9 Å². The molecule has 2 aliphatic heterocycles. The van der Waals surface area contributed by atoms with Crippen molar-refractivity contribution in [3.63, 3.8) is 0 Å². The Morgan fingerprint density at radius 3 is 2.27 bits per heavy atom. The second kappa shape index (κ2) is 12.5. The van der Waals surface area contributed by atoms with Gasteiger partial charge in [0.15, 0.2) is 5.76 Å². The molecular weight excluding hydrogens is 571 g/mol. The number of nitrogens with one attached hydrogen (secondary N) is 2. The summed E-state index contributed by atoms with van der Waals surface area (Å²) in [7, 11) is 3.24. The molecule has 12 heteroatoms. The molecule has 3 heterocycles. The minimum absolute atomic E-state index is 0.0373. The first-order valence-electron chi connectivity index (χ1n) is 13.3. The highest BCUT2D eigenvalue weighted by molar-refractivity contribution is 6.34. The molecule has 2 N–H and O–H groups in total. The quantitative estimate of drug-likeness (QED) is 0.385. The standard InChI is InChI=1S/C29H32Cl2N4O6/c1-38-21-3-4-23(25(18-21)39-2)34-11-13-35(14-12-34)28(37)29(7-9-32-10-8-29)33-27(36)24-5-6-26(41-24)40-22-16-19(30)15-20(31)17-22/h3-6,15-18,32H,7-14H2,1-2H3,(H,33,36). The summed E-state index contributed by atoms with van der Waals surface area (Å²) in [6.45, 7) is 3.50. The number of rotatable bonds is 8. The smallest absolute Gasteiger partial charge is 0.290 e. The summed E-state index contributed by atoms with van der Waals surface area (Å²) >= 11 is 12.1. The Labute approximate surface area is 248 Å². The number of halogens is 2. The molecule has 41 heavy (non-hydrogen) atoms. The van der Waals surface area contributed by atoms with Crippen molar-refractivity contribution in [3.05, 3.63) is 64.3 Å². The van der Waals surface area contributed by atoms with Gasteiger partial charge in [-0.15, -0.1) is 0 Å². The third-order valence-electron chi connectivity index (χ3n) is 7.37. The molecule has 0 bridgehead atoms. The van der Waals surface area contributed by atoms with E-state index in [-0.39, 0.29) is 17.6 Å². The van der Waals surface area contributed by atoms with Crippen molar-refractivity contribution < 1.29 is 28.2 Å². The molecular formula is C29H32Cl2N4O6. The van der Waals surface area contributed by atoms with E-state index >= 15 is 0 Å². The van der Waals surface area contributed by atoms with Crippen LogP contribution in [-0.4, -0.2) is 75.7 Å². The molecule has 0 saturated carbocycles.